The molecule has 2 aromatic heterocycles. The van der Waals surface area contributed by atoms with Crippen molar-refractivity contribution in [2.24, 2.45) is 5.73 Å². The fourth-order valence-electron chi connectivity index (χ4n) is 1.66. The molecule has 4 nitrogen and oxygen atoms in total. The van der Waals surface area contributed by atoms with Crippen molar-refractivity contribution in [2.75, 3.05) is 0 Å². The number of rotatable bonds is 2. The van der Waals surface area contributed by atoms with Crippen molar-refractivity contribution in [2.45, 2.75) is 27.3 Å². The van der Waals surface area contributed by atoms with Crippen LogP contribution in [0.25, 0.3) is 5.82 Å². The summed E-state index contributed by atoms with van der Waals surface area (Å²) >= 11 is 0. The maximum Gasteiger partial charge on any atom is 0.138 e. The van der Waals surface area contributed by atoms with Gasteiger partial charge in [-0.1, -0.05) is 6.07 Å². The Balaban J connectivity index is 2.49. The molecule has 0 aliphatic rings. The molecule has 2 N–H and O–H groups in total. The molecule has 0 saturated carbocycles. The van der Waals surface area contributed by atoms with Crippen molar-refractivity contribution in [3.63, 3.8) is 0 Å². The molecule has 84 valence electrons. The number of nitrogens with two attached hydrogens (primary N) is 1. The van der Waals surface area contributed by atoms with E-state index in [9.17, 15) is 0 Å². The molecule has 0 radical (unpaired) electrons. The molecule has 0 amide bonds. The third-order valence-electron chi connectivity index (χ3n) is 2.90. The van der Waals surface area contributed by atoms with Crippen molar-refractivity contribution in [3.05, 3.63) is 41.1 Å². The average Bonchev–Trinajstić information content (AvgIpc) is 2.60. The van der Waals surface area contributed by atoms with E-state index in [0.29, 0.717) is 6.54 Å². The first-order valence-corrected chi connectivity index (χ1v) is 5.31. The summed E-state index contributed by atoms with van der Waals surface area (Å²) in [6.45, 7) is 6.54. The van der Waals surface area contributed by atoms with Crippen LogP contribution in [0.3, 0.4) is 0 Å². The van der Waals surface area contributed by atoms with Crippen LogP contribution in [0.4, 0.5) is 0 Å². The van der Waals surface area contributed by atoms with Gasteiger partial charge < -0.3 is 5.73 Å². The van der Waals surface area contributed by atoms with Crippen LogP contribution in [0.2, 0.25) is 0 Å². The van der Waals surface area contributed by atoms with E-state index in [1.54, 1.807) is 6.33 Å². The number of imidazole rings is 1. The normalized spacial score (nSPS) is 10.8. The Morgan fingerprint density at radius 2 is 1.94 bits per heavy atom. The maximum atomic E-state index is 5.61. The molecule has 0 fully saturated rings. The van der Waals surface area contributed by atoms with Gasteiger partial charge in [0.25, 0.3) is 0 Å². The Hall–Kier alpha value is -1.68. The summed E-state index contributed by atoms with van der Waals surface area (Å²) in [7, 11) is 0. The smallest absolute Gasteiger partial charge is 0.138 e. The Morgan fingerprint density at radius 1 is 1.19 bits per heavy atom. The summed E-state index contributed by atoms with van der Waals surface area (Å²) < 4.78 is 1.99. The molecule has 0 unspecified atom stereocenters. The summed E-state index contributed by atoms with van der Waals surface area (Å²) in [6.07, 6.45) is 1.80. The number of hydrogen-bond donors (Lipinski definition) is 1. The number of hydrogen-bond acceptors (Lipinski definition) is 3. The third kappa shape index (κ3) is 1.72. The predicted octanol–water partition coefficient (Wildman–Crippen LogP) is 1.65. The van der Waals surface area contributed by atoms with Crippen molar-refractivity contribution in [1.29, 1.82) is 0 Å². The highest BCUT2D eigenvalue weighted by atomic mass is 15.1. The van der Waals surface area contributed by atoms with Gasteiger partial charge in [0.15, 0.2) is 0 Å². The first-order chi connectivity index (χ1) is 7.63. The standard InChI is InChI=1S/C12H16N4/c1-8-10(3)16(7-14-8)12-5-4-11(6-13)9(2)15-12/h4-5,7H,6,13H2,1-3H3. The van der Waals surface area contributed by atoms with Crippen LogP contribution in [-0.4, -0.2) is 14.5 Å². The molecule has 0 atom stereocenters. The van der Waals surface area contributed by atoms with Gasteiger partial charge in [0.2, 0.25) is 0 Å². The second-order valence-corrected chi connectivity index (χ2v) is 3.90. The Bertz CT molecular complexity index is 514. The van der Waals surface area contributed by atoms with Crippen molar-refractivity contribution >= 4 is 0 Å². The van der Waals surface area contributed by atoms with Gasteiger partial charge in [0.1, 0.15) is 12.1 Å². The van der Waals surface area contributed by atoms with E-state index in [0.717, 1.165) is 28.5 Å². The molecule has 2 heterocycles. The van der Waals surface area contributed by atoms with Crippen molar-refractivity contribution in [3.8, 4) is 5.82 Å². The molecule has 2 aromatic rings. The number of pyridine rings is 1. The largest absolute Gasteiger partial charge is 0.326 e. The summed E-state index contributed by atoms with van der Waals surface area (Å²) in [5.74, 6) is 0.896. The fraction of sp³-hybridized carbons (Fsp3) is 0.333. The van der Waals surface area contributed by atoms with E-state index < -0.39 is 0 Å². The van der Waals surface area contributed by atoms with Gasteiger partial charge in [-0.15, -0.1) is 0 Å². The van der Waals surface area contributed by atoms with E-state index in [1.165, 1.54) is 0 Å². The minimum absolute atomic E-state index is 0.529. The highest BCUT2D eigenvalue weighted by Crippen LogP contribution is 2.14. The second kappa shape index (κ2) is 4.06. The van der Waals surface area contributed by atoms with E-state index >= 15 is 0 Å². The summed E-state index contributed by atoms with van der Waals surface area (Å²) in [5, 5.41) is 0. The van der Waals surface area contributed by atoms with Crippen molar-refractivity contribution < 1.29 is 0 Å². The number of nitrogens with zero attached hydrogens (tertiary/aromatic N) is 3. The molecule has 16 heavy (non-hydrogen) atoms. The van der Waals surface area contributed by atoms with Crippen LogP contribution in [0, 0.1) is 20.8 Å². The van der Waals surface area contributed by atoms with Gasteiger partial charge in [0, 0.05) is 17.9 Å². The van der Waals surface area contributed by atoms with Crippen LogP contribution in [0.15, 0.2) is 18.5 Å². The first kappa shape index (κ1) is 10.8. The van der Waals surface area contributed by atoms with Crippen LogP contribution < -0.4 is 5.73 Å². The van der Waals surface area contributed by atoms with Crippen molar-refractivity contribution in [1.82, 2.24) is 14.5 Å². The molecule has 2 rings (SSSR count). The van der Waals surface area contributed by atoms with Crippen LogP contribution >= 0.6 is 0 Å². The molecule has 0 bridgehead atoms. The minimum atomic E-state index is 0.529. The van der Waals surface area contributed by atoms with Crippen LogP contribution in [-0.2, 0) is 6.54 Å². The lowest BCUT2D eigenvalue weighted by Gasteiger charge is -2.08. The highest BCUT2D eigenvalue weighted by Gasteiger charge is 2.06. The van der Waals surface area contributed by atoms with Gasteiger partial charge in [0.05, 0.1) is 5.69 Å². The zero-order chi connectivity index (χ0) is 11.7. The quantitative estimate of drug-likeness (QED) is 0.830. The number of aromatic nitrogens is 3. The SMILES string of the molecule is Cc1nc(-n2cnc(C)c2C)ccc1CN. The molecule has 0 aliphatic heterocycles. The molecule has 0 aliphatic carbocycles. The molecular formula is C12H16N4. The molecule has 0 saturated heterocycles. The molecule has 0 spiro atoms. The lowest BCUT2D eigenvalue weighted by Crippen LogP contribution is -2.05. The monoisotopic (exact) mass is 216 g/mol. The van der Waals surface area contributed by atoms with E-state index in [1.807, 2.05) is 37.5 Å². The zero-order valence-electron chi connectivity index (χ0n) is 9.86. The summed E-state index contributed by atoms with van der Waals surface area (Å²) in [4.78, 5) is 8.79. The number of aryl methyl sites for hydroxylation is 2. The van der Waals surface area contributed by atoms with Gasteiger partial charge in [-0.25, -0.2) is 9.97 Å². The average molecular weight is 216 g/mol. The lowest BCUT2D eigenvalue weighted by atomic mass is 10.2. The highest BCUT2D eigenvalue weighted by molar-refractivity contribution is 5.32. The van der Waals surface area contributed by atoms with E-state index in [4.69, 9.17) is 5.73 Å². The van der Waals surface area contributed by atoms with Gasteiger partial charge in [-0.3, -0.25) is 4.57 Å². The lowest BCUT2D eigenvalue weighted by molar-refractivity contribution is 0.916. The minimum Gasteiger partial charge on any atom is -0.326 e. The first-order valence-electron chi connectivity index (χ1n) is 5.31. The fourth-order valence-corrected chi connectivity index (χ4v) is 1.66. The zero-order valence-corrected chi connectivity index (χ0v) is 9.86. The van der Waals surface area contributed by atoms with Gasteiger partial charge >= 0.3 is 0 Å². The topological polar surface area (TPSA) is 56.7 Å². The van der Waals surface area contributed by atoms with E-state index in [2.05, 4.69) is 9.97 Å². The predicted molar refractivity (Wildman–Crippen MR) is 63.5 cm³/mol. The Morgan fingerprint density at radius 3 is 2.44 bits per heavy atom. The van der Waals surface area contributed by atoms with Crippen LogP contribution in [0.1, 0.15) is 22.6 Å². The molecule has 0 aromatic carbocycles. The second-order valence-electron chi connectivity index (χ2n) is 3.90. The maximum absolute atomic E-state index is 5.61. The van der Waals surface area contributed by atoms with E-state index in [-0.39, 0.29) is 0 Å². The third-order valence-corrected chi connectivity index (χ3v) is 2.90. The van der Waals surface area contributed by atoms with Gasteiger partial charge in [-0.05, 0) is 32.4 Å². The Labute approximate surface area is 95.1 Å². The Kier molecular flexibility index (Phi) is 2.75. The molecular weight excluding hydrogens is 200 g/mol. The molecule has 4 heteroatoms. The summed E-state index contributed by atoms with van der Waals surface area (Å²) in [6, 6.07) is 4.00. The van der Waals surface area contributed by atoms with Gasteiger partial charge in [-0.2, -0.15) is 0 Å². The van der Waals surface area contributed by atoms with Crippen LogP contribution in [0.5, 0.6) is 0 Å². The summed E-state index contributed by atoms with van der Waals surface area (Å²) in [5.41, 5.74) is 9.82.